The van der Waals surface area contributed by atoms with Gasteiger partial charge in [0.25, 0.3) is 0 Å². The topological polar surface area (TPSA) is 25.6 Å². The summed E-state index contributed by atoms with van der Waals surface area (Å²) >= 11 is 0. The number of benzene rings is 13. The Balaban J connectivity index is 1.00. The minimum absolute atomic E-state index is 0.625. The highest BCUT2D eigenvalue weighted by atomic mass is 16.5. The lowest BCUT2D eigenvalue weighted by Crippen LogP contribution is -2.32. The summed E-state index contributed by atoms with van der Waals surface area (Å²) in [6.07, 6.45) is 0. The van der Waals surface area contributed by atoms with Crippen LogP contribution >= 0.6 is 0 Å². The van der Waals surface area contributed by atoms with E-state index in [1.54, 1.807) is 0 Å². The number of fused-ring (bicyclic) bond motifs is 16. The summed E-state index contributed by atoms with van der Waals surface area (Å²) in [7, 11) is 0. The SMILES string of the molecule is c1ccc(C2(c3cccc(N(c4cc(-c5ccccc5-c5ccc6ccccc6c5)c5c(c4)C4(c6ccccc6O5)c5ccccc5-c5ccccc54)c4ccc5oc6ccccc6c5c4)c3)c3ccccc3-c3ccccc32)cc1. The first-order valence-electron chi connectivity index (χ1n) is 28.0. The molecule has 14 aromatic rings. The Labute approximate surface area is 469 Å². The molecule has 0 unspecified atom stereocenters. The van der Waals surface area contributed by atoms with E-state index in [2.05, 4.69) is 296 Å². The zero-order chi connectivity index (χ0) is 53.2. The van der Waals surface area contributed by atoms with Crippen LogP contribution in [0.1, 0.15) is 44.5 Å². The molecular weight excluding hydrogens is 983 g/mol. The fourth-order valence-electron chi connectivity index (χ4n) is 14.5. The van der Waals surface area contributed by atoms with E-state index in [1.165, 1.54) is 66.4 Å². The lowest BCUT2D eigenvalue weighted by molar-refractivity contribution is 0.438. The zero-order valence-electron chi connectivity index (χ0n) is 44.1. The molecule has 0 saturated carbocycles. The molecule has 81 heavy (non-hydrogen) atoms. The summed E-state index contributed by atoms with van der Waals surface area (Å²) in [5.74, 6) is 1.68. The summed E-state index contributed by atoms with van der Waals surface area (Å²) in [5, 5.41) is 4.52. The third-order valence-electron chi connectivity index (χ3n) is 17.8. The molecule has 0 N–H and O–H groups in total. The van der Waals surface area contributed by atoms with Gasteiger partial charge < -0.3 is 14.1 Å². The summed E-state index contributed by atoms with van der Waals surface area (Å²) < 4.78 is 14.1. The molecule has 3 aliphatic rings. The van der Waals surface area contributed by atoms with E-state index < -0.39 is 10.8 Å². The third-order valence-corrected chi connectivity index (χ3v) is 17.8. The van der Waals surface area contributed by atoms with Gasteiger partial charge >= 0.3 is 0 Å². The molecule has 1 aliphatic heterocycles. The average molecular weight is 1030 g/mol. The minimum atomic E-state index is -0.757. The number of hydrogen-bond acceptors (Lipinski definition) is 3. The van der Waals surface area contributed by atoms with Gasteiger partial charge in [-0.3, -0.25) is 0 Å². The van der Waals surface area contributed by atoms with Crippen molar-refractivity contribution in [2.24, 2.45) is 0 Å². The molecule has 1 aromatic heterocycles. The molecule has 3 nitrogen and oxygen atoms in total. The van der Waals surface area contributed by atoms with Crippen LogP contribution in [0.5, 0.6) is 11.5 Å². The van der Waals surface area contributed by atoms with Crippen molar-refractivity contribution in [1.29, 1.82) is 0 Å². The highest BCUT2D eigenvalue weighted by Gasteiger charge is 2.52. The Morgan fingerprint density at radius 2 is 0.815 bits per heavy atom. The van der Waals surface area contributed by atoms with Crippen molar-refractivity contribution in [1.82, 2.24) is 0 Å². The smallest absolute Gasteiger partial charge is 0.140 e. The van der Waals surface area contributed by atoms with E-state index in [0.29, 0.717) is 0 Å². The van der Waals surface area contributed by atoms with Crippen molar-refractivity contribution in [2.45, 2.75) is 10.8 Å². The van der Waals surface area contributed by atoms with Gasteiger partial charge in [-0.1, -0.05) is 237 Å². The van der Waals surface area contributed by atoms with Crippen LogP contribution in [0.15, 0.2) is 302 Å². The summed E-state index contributed by atoms with van der Waals surface area (Å²) in [6, 6.07) is 109. The molecule has 1 spiro atoms. The molecule has 13 aromatic carbocycles. The molecule has 0 radical (unpaired) electrons. The second kappa shape index (κ2) is 17.5. The lowest BCUT2D eigenvalue weighted by atomic mass is 9.65. The summed E-state index contributed by atoms with van der Waals surface area (Å²) in [6.45, 7) is 0. The van der Waals surface area contributed by atoms with Gasteiger partial charge in [-0.2, -0.15) is 0 Å². The van der Waals surface area contributed by atoms with Crippen LogP contribution in [0.3, 0.4) is 0 Å². The Bertz CT molecular complexity index is 4800. The Morgan fingerprint density at radius 3 is 1.53 bits per heavy atom. The van der Waals surface area contributed by atoms with Crippen molar-refractivity contribution in [3.8, 4) is 56.0 Å². The zero-order valence-corrected chi connectivity index (χ0v) is 44.1. The number of hydrogen-bond donors (Lipinski definition) is 0. The largest absolute Gasteiger partial charge is 0.456 e. The van der Waals surface area contributed by atoms with Gasteiger partial charge in [-0.05, 0) is 144 Å². The average Bonchev–Trinajstić information content (AvgIpc) is 3.64. The van der Waals surface area contributed by atoms with Crippen LogP contribution in [0, 0.1) is 0 Å². The van der Waals surface area contributed by atoms with Crippen LogP contribution in [-0.4, -0.2) is 0 Å². The first kappa shape index (κ1) is 45.5. The maximum atomic E-state index is 7.57. The van der Waals surface area contributed by atoms with Crippen LogP contribution < -0.4 is 9.64 Å². The maximum absolute atomic E-state index is 7.57. The molecule has 0 bridgehead atoms. The standard InChI is InChI=1S/C78H49NO2/c1-2-23-53(24-3-1)77(67-34-13-8-29-60(67)61-30-9-14-35-68(61)77)54-25-20-26-55(46-54)79(56-43-44-74-65(47-56)64-33-12-18-39-73(64)80-74)57-48-66(59-28-7-6-27-58(59)52-42-41-50-21-4-5-22-51(50)45-52)76-72(49-57)78(71-38-17-19-40-75(71)81-76)69-36-15-10-31-62(69)63-32-11-16-37-70(63)78/h1-49H. The van der Waals surface area contributed by atoms with E-state index in [1.807, 2.05) is 6.07 Å². The van der Waals surface area contributed by atoms with Crippen molar-refractivity contribution in [2.75, 3.05) is 4.90 Å². The normalized spacial score (nSPS) is 13.7. The molecule has 0 atom stereocenters. The molecule has 17 rings (SSSR count). The summed E-state index contributed by atoms with van der Waals surface area (Å²) in [5.41, 5.74) is 22.2. The number of para-hydroxylation sites is 2. The molecule has 378 valence electrons. The molecule has 2 aliphatic carbocycles. The van der Waals surface area contributed by atoms with Gasteiger partial charge in [0.2, 0.25) is 0 Å². The fraction of sp³-hybridized carbons (Fsp3) is 0.0256. The van der Waals surface area contributed by atoms with Gasteiger partial charge in [-0.25, -0.2) is 0 Å². The lowest BCUT2D eigenvalue weighted by Gasteiger charge is -2.41. The van der Waals surface area contributed by atoms with Gasteiger partial charge in [0.1, 0.15) is 22.7 Å². The second-order valence-corrected chi connectivity index (χ2v) is 21.8. The van der Waals surface area contributed by atoms with Crippen LogP contribution in [0.2, 0.25) is 0 Å². The number of nitrogens with zero attached hydrogens (tertiary/aromatic N) is 1. The van der Waals surface area contributed by atoms with Crippen molar-refractivity contribution in [3.63, 3.8) is 0 Å². The van der Waals surface area contributed by atoms with Gasteiger partial charge in [0.05, 0.1) is 10.8 Å². The highest BCUT2D eigenvalue weighted by Crippen LogP contribution is 2.65. The molecule has 0 fully saturated rings. The Morgan fingerprint density at radius 1 is 0.272 bits per heavy atom. The van der Waals surface area contributed by atoms with E-state index >= 15 is 0 Å². The van der Waals surface area contributed by atoms with Crippen LogP contribution in [-0.2, 0) is 10.8 Å². The van der Waals surface area contributed by atoms with E-state index in [-0.39, 0.29) is 0 Å². The van der Waals surface area contributed by atoms with E-state index in [9.17, 15) is 0 Å². The number of anilines is 3. The van der Waals surface area contributed by atoms with E-state index in [4.69, 9.17) is 9.15 Å². The maximum Gasteiger partial charge on any atom is 0.140 e. The highest BCUT2D eigenvalue weighted by molar-refractivity contribution is 6.07. The van der Waals surface area contributed by atoms with Gasteiger partial charge in [-0.15, -0.1) is 0 Å². The summed E-state index contributed by atoms with van der Waals surface area (Å²) in [4.78, 5) is 2.49. The third kappa shape index (κ3) is 6.46. The Hall–Kier alpha value is -10.5. The predicted octanol–water partition coefficient (Wildman–Crippen LogP) is 20.4. The minimum Gasteiger partial charge on any atom is -0.456 e. The monoisotopic (exact) mass is 1030 g/mol. The molecule has 2 heterocycles. The molecule has 0 saturated heterocycles. The van der Waals surface area contributed by atoms with E-state index in [0.717, 1.165) is 83.9 Å². The quantitative estimate of drug-likeness (QED) is 0.159. The predicted molar refractivity (Wildman–Crippen MR) is 331 cm³/mol. The van der Waals surface area contributed by atoms with Crippen LogP contribution in [0.25, 0.3) is 77.2 Å². The number of rotatable bonds is 7. The van der Waals surface area contributed by atoms with Gasteiger partial charge in [0, 0.05) is 44.5 Å². The second-order valence-electron chi connectivity index (χ2n) is 21.8. The van der Waals surface area contributed by atoms with Gasteiger partial charge in [0.15, 0.2) is 0 Å². The van der Waals surface area contributed by atoms with Crippen LogP contribution in [0.4, 0.5) is 17.1 Å². The van der Waals surface area contributed by atoms with Crippen molar-refractivity contribution < 1.29 is 9.15 Å². The first-order valence-corrected chi connectivity index (χ1v) is 28.0. The fourth-order valence-corrected chi connectivity index (χ4v) is 14.5. The number of ether oxygens (including phenoxy) is 1. The molecule has 0 amide bonds. The van der Waals surface area contributed by atoms with Crippen molar-refractivity contribution >= 4 is 49.8 Å². The molecule has 3 heteroatoms. The number of furan rings is 1. The Kier molecular flexibility index (Phi) is 9.84. The van der Waals surface area contributed by atoms with Crippen molar-refractivity contribution in [3.05, 3.63) is 342 Å². The molecular formula is C78H49NO2. The first-order chi connectivity index (χ1) is 40.2.